The van der Waals surface area contributed by atoms with Crippen molar-refractivity contribution in [2.24, 2.45) is 0 Å². The Balaban J connectivity index is 1.76. The Kier molecular flexibility index (Phi) is 5.21. The van der Waals surface area contributed by atoms with E-state index in [2.05, 4.69) is 43.0 Å². The third-order valence-corrected chi connectivity index (χ3v) is 3.96. The molecule has 1 aliphatic carbocycles. The van der Waals surface area contributed by atoms with Crippen LogP contribution in [0.15, 0.2) is 24.3 Å². The van der Waals surface area contributed by atoms with Crippen molar-refractivity contribution < 1.29 is 4.74 Å². The van der Waals surface area contributed by atoms with Crippen molar-refractivity contribution in [3.8, 4) is 0 Å². The number of rotatable bonds is 6. The average molecular weight is 247 g/mol. The molecule has 1 aromatic carbocycles. The largest absolute Gasteiger partial charge is 0.377 e. The molecule has 18 heavy (non-hydrogen) atoms. The Labute approximate surface area is 111 Å². The number of nitrogens with zero attached hydrogens (tertiary/aromatic N) is 1. The van der Waals surface area contributed by atoms with Crippen molar-refractivity contribution in [3.63, 3.8) is 0 Å². The Morgan fingerprint density at radius 3 is 2.61 bits per heavy atom. The molecule has 0 saturated carbocycles. The van der Waals surface area contributed by atoms with Crippen molar-refractivity contribution in [1.29, 1.82) is 0 Å². The van der Waals surface area contributed by atoms with Crippen LogP contribution in [0.4, 0.5) is 0 Å². The van der Waals surface area contributed by atoms with Gasteiger partial charge in [0.05, 0.1) is 12.7 Å². The van der Waals surface area contributed by atoms with Gasteiger partial charge in [0.15, 0.2) is 0 Å². The second kappa shape index (κ2) is 6.91. The summed E-state index contributed by atoms with van der Waals surface area (Å²) in [7, 11) is 0. The van der Waals surface area contributed by atoms with Crippen LogP contribution in [-0.2, 0) is 17.6 Å². The Morgan fingerprint density at radius 2 is 1.89 bits per heavy atom. The van der Waals surface area contributed by atoms with Gasteiger partial charge in [0.25, 0.3) is 0 Å². The molecule has 1 atom stereocenters. The fourth-order valence-electron chi connectivity index (χ4n) is 2.69. The molecule has 0 radical (unpaired) electrons. The predicted molar refractivity (Wildman–Crippen MR) is 76.0 cm³/mol. The summed E-state index contributed by atoms with van der Waals surface area (Å²) in [6.45, 7) is 8.58. The lowest BCUT2D eigenvalue weighted by Gasteiger charge is -2.26. The molecule has 0 amide bonds. The number of fused-ring (bicyclic) bond motifs is 1. The molecule has 1 unspecified atom stereocenters. The highest BCUT2D eigenvalue weighted by Gasteiger charge is 2.18. The first-order valence-electron chi connectivity index (χ1n) is 7.24. The van der Waals surface area contributed by atoms with Crippen molar-refractivity contribution in [1.82, 2.24) is 4.90 Å². The predicted octanol–water partition coefficient (Wildman–Crippen LogP) is 2.90. The van der Waals surface area contributed by atoms with Gasteiger partial charge in [-0.1, -0.05) is 38.1 Å². The van der Waals surface area contributed by atoms with E-state index < -0.39 is 0 Å². The molecule has 0 spiro atoms. The first-order valence-corrected chi connectivity index (χ1v) is 7.24. The average Bonchev–Trinajstić information content (AvgIpc) is 2.43. The maximum atomic E-state index is 6.03. The molecular formula is C16H25NO. The van der Waals surface area contributed by atoms with Gasteiger partial charge in [0, 0.05) is 6.54 Å². The van der Waals surface area contributed by atoms with Gasteiger partial charge in [-0.25, -0.2) is 0 Å². The number of ether oxygens (including phenoxy) is 1. The fraction of sp³-hybridized carbons (Fsp3) is 0.625. The van der Waals surface area contributed by atoms with Crippen LogP contribution in [0.3, 0.4) is 0 Å². The molecule has 0 N–H and O–H groups in total. The second-order valence-corrected chi connectivity index (χ2v) is 5.03. The van der Waals surface area contributed by atoms with Crippen molar-refractivity contribution in [2.45, 2.75) is 39.2 Å². The van der Waals surface area contributed by atoms with Crippen molar-refractivity contribution in [2.75, 3.05) is 26.2 Å². The summed E-state index contributed by atoms with van der Waals surface area (Å²) >= 11 is 0. The van der Waals surface area contributed by atoms with Crippen LogP contribution in [0.25, 0.3) is 0 Å². The first kappa shape index (κ1) is 13.6. The lowest BCUT2D eigenvalue weighted by Crippen LogP contribution is -2.30. The van der Waals surface area contributed by atoms with Gasteiger partial charge >= 0.3 is 0 Å². The summed E-state index contributed by atoms with van der Waals surface area (Å²) in [5, 5.41) is 0. The number of aryl methyl sites for hydroxylation is 1. The Bertz CT molecular complexity index is 360. The Morgan fingerprint density at radius 1 is 1.17 bits per heavy atom. The van der Waals surface area contributed by atoms with E-state index in [1.54, 1.807) is 0 Å². The number of hydrogen-bond acceptors (Lipinski definition) is 2. The molecule has 2 heteroatoms. The molecular weight excluding hydrogens is 222 g/mol. The lowest BCUT2D eigenvalue weighted by molar-refractivity contribution is 0.0311. The van der Waals surface area contributed by atoms with Gasteiger partial charge in [-0.05, 0) is 43.5 Å². The summed E-state index contributed by atoms with van der Waals surface area (Å²) in [4.78, 5) is 2.41. The van der Waals surface area contributed by atoms with Gasteiger partial charge in [-0.3, -0.25) is 0 Å². The third kappa shape index (κ3) is 3.56. The van der Waals surface area contributed by atoms with Crippen LogP contribution in [0.2, 0.25) is 0 Å². The summed E-state index contributed by atoms with van der Waals surface area (Å²) in [5.41, 5.74) is 3.00. The molecule has 1 aromatic rings. The van der Waals surface area contributed by atoms with E-state index in [1.165, 1.54) is 24.0 Å². The van der Waals surface area contributed by atoms with E-state index in [4.69, 9.17) is 4.74 Å². The molecule has 0 saturated heterocycles. The normalized spacial score (nSPS) is 18.9. The zero-order valence-corrected chi connectivity index (χ0v) is 11.7. The molecule has 0 aliphatic heterocycles. The van der Waals surface area contributed by atoms with Crippen LogP contribution in [0.5, 0.6) is 0 Å². The van der Waals surface area contributed by atoms with Crippen LogP contribution in [0.1, 0.15) is 31.4 Å². The zero-order chi connectivity index (χ0) is 12.8. The molecule has 1 aliphatic rings. The zero-order valence-electron chi connectivity index (χ0n) is 11.7. The molecule has 0 aromatic heterocycles. The number of likely N-dealkylation sites (N-methyl/N-ethyl adjacent to an activating group) is 1. The molecule has 2 rings (SSSR count). The summed E-state index contributed by atoms with van der Waals surface area (Å²) in [5.74, 6) is 0. The summed E-state index contributed by atoms with van der Waals surface area (Å²) in [6.07, 6.45) is 3.87. The minimum atomic E-state index is 0.426. The molecule has 100 valence electrons. The lowest BCUT2D eigenvalue weighted by atomic mass is 9.90. The second-order valence-electron chi connectivity index (χ2n) is 5.03. The van der Waals surface area contributed by atoms with Crippen molar-refractivity contribution in [3.05, 3.63) is 35.4 Å². The maximum Gasteiger partial charge on any atom is 0.0619 e. The van der Waals surface area contributed by atoms with Gasteiger partial charge in [-0.2, -0.15) is 0 Å². The summed E-state index contributed by atoms with van der Waals surface area (Å²) < 4.78 is 6.03. The highest BCUT2D eigenvalue weighted by atomic mass is 16.5. The minimum Gasteiger partial charge on any atom is -0.377 e. The van der Waals surface area contributed by atoms with Crippen LogP contribution < -0.4 is 0 Å². The standard InChI is InChI=1S/C16H25NO/c1-3-17(4-2)11-12-18-16-10-9-14-7-5-6-8-15(14)13-16/h5-8,16H,3-4,9-13H2,1-2H3. The highest BCUT2D eigenvalue weighted by molar-refractivity contribution is 5.29. The third-order valence-electron chi connectivity index (χ3n) is 3.96. The first-order chi connectivity index (χ1) is 8.83. The maximum absolute atomic E-state index is 6.03. The molecule has 0 fully saturated rings. The molecule has 2 nitrogen and oxygen atoms in total. The van der Waals surface area contributed by atoms with E-state index in [-0.39, 0.29) is 0 Å². The molecule has 0 heterocycles. The van der Waals surface area contributed by atoms with Gasteiger partial charge in [0.1, 0.15) is 0 Å². The quantitative estimate of drug-likeness (QED) is 0.766. The smallest absolute Gasteiger partial charge is 0.0619 e. The van der Waals surface area contributed by atoms with Crippen molar-refractivity contribution >= 4 is 0 Å². The number of benzene rings is 1. The van der Waals surface area contributed by atoms with Gasteiger partial charge in [0.2, 0.25) is 0 Å². The van der Waals surface area contributed by atoms with Crippen LogP contribution in [-0.4, -0.2) is 37.2 Å². The molecule has 0 bridgehead atoms. The van der Waals surface area contributed by atoms with E-state index in [0.717, 1.165) is 32.7 Å². The van der Waals surface area contributed by atoms with Crippen LogP contribution >= 0.6 is 0 Å². The Hall–Kier alpha value is -0.860. The van der Waals surface area contributed by atoms with E-state index in [0.29, 0.717) is 6.10 Å². The van der Waals surface area contributed by atoms with E-state index in [9.17, 15) is 0 Å². The number of hydrogen-bond donors (Lipinski definition) is 0. The van der Waals surface area contributed by atoms with Gasteiger partial charge < -0.3 is 9.64 Å². The minimum absolute atomic E-state index is 0.426. The fourth-order valence-corrected chi connectivity index (χ4v) is 2.69. The topological polar surface area (TPSA) is 12.5 Å². The van der Waals surface area contributed by atoms with E-state index >= 15 is 0 Å². The van der Waals surface area contributed by atoms with E-state index in [1.807, 2.05) is 0 Å². The monoisotopic (exact) mass is 247 g/mol. The van der Waals surface area contributed by atoms with Gasteiger partial charge in [-0.15, -0.1) is 0 Å². The SMILES string of the molecule is CCN(CC)CCOC1CCc2ccccc2C1. The highest BCUT2D eigenvalue weighted by Crippen LogP contribution is 2.22. The van der Waals surface area contributed by atoms with Crippen LogP contribution in [0, 0.1) is 0 Å². The summed E-state index contributed by atoms with van der Waals surface area (Å²) in [6, 6.07) is 8.77.